The number of thiophene rings is 1. The minimum Gasteiger partial charge on any atom is -0.481 e. The van der Waals surface area contributed by atoms with Gasteiger partial charge in [0.25, 0.3) is 0 Å². The number of carbonyl (C=O) groups is 3. The summed E-state index contributed by atoms with van der Waals surface area (Å²) in [5.74, 6) is -3.46. The average Bonchev–Trinajstić information content (AvgIpc) is 3.04. The molecule has 0 bridgehead atoms. The Balaban J connectivity index is 2.00. The maximum absolute atomic E-state index is 12.9. The molecule has 0 radical (unpaired) electrons. The number of esters is 1. The molecule has 0 saturated heterocycles. The van der Waals surface area contributed by atoms with Crippen molar-refractivity contribution in [2.24, 2.45) is 11.8 Å². The molecular weight excluding hydrogens is 426 g/mol. The van der Waals surface area contributed by atoms with Crippen molar-refractivity contribution in [1.29, 1.82) is 0 Å². The van der Waals surface area contributed by atoms with Crippen molar-refractivity contribution in [3.8, 4) is 11.1 Å². The number of anilines is 1. The van der Waals surface area contributed by atoms with Crippen LogP contribution in [0.15, 0.2) is 36.4 Å². The van der Waals surface area contributed by atoms with Crippen LogP contribution in [-0.2, 0) is 14.3 Å². The third-order valence-corrected chi connectivity index (χ3v) is 6.29. The molecule has 1 amide bonds. The summed E-state index contributed by atoms with van der Waals surface area (Å²) in [6.45, 7) is 3.76. The van der Waals surface area contributed by atoms with Gasteiger partial charge in [-0.05, 0) is 44.4 Å². The Kier molecular flexibility index (Phi) is 6.95. The number of allylic oxidation sites excluding steroid dienone is 2. The van der Waals surface area contributed by atoms with E-state index in [9.17, 15) is 19.5 Å². The lowest BCUT2D eigenvalue weighted by atomic mass is 9.82. The molecule has 1 aliphatic carbocycles. The van der Waals surface area contributed by atoms with Crippen LogP contribution in [0.4, 0.5) is 5.00 Å². The van der Waals surface area contributed by atoms with E-state index in [1.807, 2.05) is 13.0 Å². The fourth-order valence-corrected chi connectivity index (χ4v) is 4.77. The number of aryl methyl sites for hydroxylation is 1. The summed E-state index contributed by atoms with van der Waals surface area (Å²) < 4.78 is 5.24. The van der Waals surface area contributed by atoms with Gasteiger partial charge in [0.1, 0.15) is 10.6 Å². The van der Waals surface area contributed by atoms with Gasteiger partial charge >= 0.3 is 11.9 Å². The molecule has 6 nitrogen and oxygen atoms in total. The molecule has 1 heterocycles. The molecule has 1 aliphatic rings. The number of halogens is 1. The van der Waals surface area contributed by atoms with E-state index in [1.54, 1.807) is 37.3 Å². The Labute approximate surface area is 183 Å². The second-order valence-corrected chi connectivity index (χ2v) is 8.61. The molecule has 2 N–H and O–H groups in total. The van der Waals surface area contributed by atoms with Gasteiger partial charge in [-0.15, -0.1) is 11.3 Å². The fourth-order valence-electron chi connectivity index (χ4n) is 3.58. The molecular formula is C22H22ClNO5S. The van der Waals surface area contributed by atoms with Crippen LogP contribution >= 0.6 is 22.9 Å². The summed E-state index contributed by atoms with van der Waals surface area (Å²) in [6, 6.07) is 7.07. The van der Waals surface area contributed by atoms with Gasteiger partial charge in [-0.2, -0.15) is 0 Å². The van der Waals surface area contributed by atoms with Crippen LogP contribution in [0, 0.1) is 18.8 Å². The van der Waals surface area contributed by atoms with E-state index in [1.165, 1.54) is 11.3 Å². The number of amides is 1. The van der Waals surface area contributed by atoms with E-state index in [4.69, 9.17) is 16.3 Å². The Bertz CT molecular complexity index is 996. The van der Waals surface area contributed by atoms with Crippen LogP contribution in [-0.4, -0.2) is 29.6 Å². The molecule has 1 aromatic heterocycles. The third-order valence-electron chi connectivity index (χ3n) is 5.02. The summed E-state index contributed by atoms with van der Waals surface area (Å²) >= 11 is 7.26. The van der Waals surface area contributed by atoms with Gasteiger partial charge in [0.2, 0.25) is 5.91 Å². The first-order valence-corrected chi connectivity index (χ1v) is 10.8. The molecule has 0 saturated carbocycles. The van der Waals surface area contributed by atoms with Crippen molar-refractivity contribution in [3.05, 3.63) is 51.9 Å². The fraction of sp³-hybridized carbons (Fsp3) is 0.318. The number of rotatable bonds is 6. The maximum atomic E-state index is 12.9. The molecule has 8 heteroatoms. The zero-order valence-corrected chi connectivity index (χ0v) is 18.2. The number of hydrogen-bond donors (Lipinski definition) is 2. The van der Waals surface area contributed by atoms with Gasteiger partial charge in [-0.1, -0.05) is 35.9 Å². The van der Waals surface area contributed by atoms with Crippen molar-refractivity contribution in [2.75, 3.05) is 11.9 Å². The molecule has 1 aromatic carbocycles. The Hall–Kier alpha value is -2.64. The smallest absolute Gasteiger partial charge is 0.341 e. The van der Waals surface area contributed by atoms with E-state index in [-0.39, 0.29) is 12.2 Å². The van der Waals surface area contributed by atoms with Crippen LogP contribution in [0.25, 0.3) is 11.1 Å². The number of hydrogen-bond acceptors (Lipinski definition) is 5. The second-order valence-electron chi connectivity index (χ2n) is 6.95. The topological polar surface area (TPSA) is 92.7 Å². The third kappa shape index (κ3) is 4.57. The molecule has 2 atom stereocenters. The lowest BCUT2D eigenvalue weighted by Crippen LogP contribution is -2.34. The number of nitrogens with one attached hydrogen (secondary N) is 1. The first kappa shape index (κ1) is 22.1. The minimum absolute atomic E-state index is 0.190. The van der Waals surface area contributed by atoms with Crippen molar-refractivity contribution in [2.45, 2.75) is 26.7 Å². The number of carbonyl (C=O) groups excluding carboxylic acids is 2. The Morgan fingerprint density at radius 2 is 1.80 bits per heavy atom. The Morgan fingerprint density at radius 3 is 2.40 bits per heavy atom. The first-order valence-electron chi connectivity index (χ1n) is 9.58. The quantitative estimate of drug-likeness (QED) is 0.471. The van der Waals surface area contributed by atoms with Crippen molar-refractivity contribution >= 4 is 45.8 Å². The lowest BCUT2D eigenvalue weighted by Gasteiger charge is -2.24. The molecule has 30 heavy (non-hydrogen) atoms. The zero-order chi connectivity index (χ0) is 21.8. The average molecular weight is 448 g/mol. The van der Waals surface area contributed by atoms with Gasteiger partial charge in [0, 0.05) is 15.5 Å². The van der Waals surface area contributed by atoms with Crippen LogP contribution in [0.5, 0.6) is 0 Å². The monoisotopic (exact) mass is 447 g/mol. The SMILES string of the molecule is CCOC(=O)c1c(NC(=O)[C@H]2CC=CC[C@H]2C(=O)O)sc(C)c1-c1ccc(Cl)cc1. The molecule has 0 spiro atoms. The van der Waals surface area contributed by atoms with Crippen LogP contribution in [0.3, 0.4) is 0 Å². The molecule has 0 unspecified atom stereocenters. The lowest BCUT2D eigenvalue weighted by molar-refractivity contribution is -0.146. The van der Waals surface area contributed by atoms with Crippen LogP contribution in [0.2, 0.25) is 5.02 Å². The van der Waals surface area contributed by atoms with Crippen LogP contribution in [0.1, 0.15) is 35.0 Å². The van der Waals surface area contributed by atoms with Crippen molar-refractivity contribution in [3.63, 3.8) is 0 Å². The zero-order valence-electron chi connectivity index (χ0n) is 16.6. The number of carboxylic acids is 1. The standard InChI is InChI=1S/C22H22ClNO5S/c1-3-29-22(28)18-17(13-8-10-14(23)11-9-13)12(2)30-20(18)24-19(25)15-6-4-5-7-16(15)21(26)27/h4-5,8-11,15-16H,3,6-7H2,1-2H3,(H,24,25)(H,26,27)/t15-,16+/m0/s1. The summed E-state index contributed by atoms with van der Waals surface area (Å²) in [7, 11) is 0. The van der Waals surface area contributed by atoms with Crippen molar-refractivity contribution < 1.29 is 24.2 Å². The largest absolute Gasteiger partial charge is 0.481 e. The predicted octanol–water partition coefficient (Wildman–Crippen LogP) is 5.16. The highest BCUT2D eigenvalue weighted by Gasteiger charge is 2.35. The number of carboxylic acid groups (broad SMARTS) is 1. The second kappa shape index (κ2) is 9.45. The number of aliphatic carboxylic acids is 1. The van der Waals surface area contributed by atoms with Crippen molar-refractivity contribution in [1.82, 2.24) is 0 Å². The molecule has 2 aromatic rings. The molecule has 0 aliphatic heterocycles. The van der Waals surface area contributed by atoms with Gasteiger partial charge in [-0.3, -0.25) is 9.59 Å². The first-order chi connectivity index (χ1) is 14.3. The molecule has 158 valence electrons. The van der Waals surface area contributed by atoms with E-state index in [0.29, 0.717) is 28.4 Å². The minimum atomic E-state index is -1.01. The molecule has 3 rings (SSSR count). The van der Waals surface area contributed by atoms with Gasteiger partial charge in [0.05, 0.1) is 18.4 Å². The van der Waals surface area contributed by atoms with E-state index in [0.717, 1.165) is 10.4 Å². The number of benzene rings is 1. The van der Waals surface area contributed by atoms with E-state index >= 15 is 0 Å². The number of ether oxygens (including phenoxy) is 1. The Morgan fingerprint density at radius 1 is 1.17 bits per heavy atom. The van der Waals surface area contributed by atoms with E-state index in [2.05, 4.69) is 5.32 Å². The summed E-state index contributed by atoms with van der Waals surface area (Å²) in [5.41, 5.74) is 1.72. The highest BCUT2D eigenvalue weighted by molar-refractivity contribution is 7.17. The highest BCUT2D eigenvalue weighted by atomic mass is 35.5. The normalized spacial score (nSPS) is 18.1. The summed E-state index contributed by atoms with van der Waals surface area (Å²) in [6.07, 6.45) is 4.24. The summed E-state index contributed by atoms with van der Waals surface area (Å²) in [5, 5.41) is 13.2. The summed E-state index contributed by atoms with van der Waals surface area (Å²) in [4.78, 5) is 38.1. The highest BCUT2D eigenvalue weighted by Crippen LogP contribution is 2.41. The predicted molar refractivity (Wildman–Crippen MR) is 117 cm³/mol. The van der Waals surface area contributed by atoms with Gasteiger partial charge in [0.15, 0.2) is 0 Å². The molecule has 0 fully saturated rings. The maximum Gasteiger partial charge on any atom is 0.341 e. The van der Waals surface area contributed by atoms with Gasteiger partial charge in [-0.25, -0.2) is 4.79 Å². The van der Waals surface area contributed by atoms with Gasteiger partial charge < -0.3 is 15.2 Å². The van der Waals surface area contributed by atoms with Crippen LogP contribution < -0.4 is 5.32 Å². The van der Waals surface area contributed by atoms with E-state index < -0.39 is 29.7 Å².